The van der Waals surface area contributed by atoms with Gasteiger partial charge >= 0.3 is 0 Å². The van der Waals surface area contributed by atoms with E-state index >= 15 is 0 Å². The number of nitrogens with zero attached hydrogens (tertiary/aromatic N) is 2. The van der Waals surface area contributed by atoms with Crippen molar-refractivity contribution in [3.63, 3.8) is 0 Å². The highest BCUT2D eigenvalue weighted by atomic mass is 32.2. The molecule has 0 radical (unpaired) electrons. The molecular formula is C26H24N2O4S. The van der Waals surface area contributed by atoms with Gasteiger partial charge in [-0.2, -0.15) is 0 Å². The molecule has 7 heteroatoms. The molecule has 2 amide bonds. The molecule has 5 rings (SSSR count). The number of aryl methyl sites for hydroxylation is 1. The highest BCUT2D eigenvalue weighted by Gasteiger charge is 2.61. The summed E-state index contributed by atoms with van der Waals surface area (Å²) in [7, 11) is 3.12. The number of fused-ring (bicyclic) bond motifs is 2. The third kappa shape index (κ3) is 3.26. The van der Waals surface area contributed by atoms with Crippen molar-refractivity contribution in [3.05, 3.63) is 83.4 Å². The fourth-order valence-electron chi connectivity index (χ4n) is 4.55. The molecular weight excluding hydrogens is 436 g/mol. The first-order chi connectivity index (χ1) is 16.0. The predicted molar refractivity (Wildman–Crippen MR) is 130 cm³/mol. The maximum Gasteiger partial charge on any atom is 0.269 e. The third-order valence-electron chi connectivity index (χ3n) is 6.15. The number of hydrogen-bond donors (Lipinski definition) is 0. The quantitative estimate of drug-likeness (QED) is 0.562. The summed E-state index contributed by atoms with van der Waals surface area (Å²) in [6, 6.07) is 21.2. The Morgan fingerprint density at radius 3 is 2.39 bits per heavy atom. The van der Waals surface area contributed by atoms with Crippen molar-refractivity contribution < 1.29 is 19.1 Å². The van der Waals surface area contributed by atoms with Crippen molar-refractivity contribution in [3.8, 4) is 11.5 Å². The minimum Gasteiger partial charge on any atom is -0.493 e. The van der Waals surface area contributed by atoms with Gasteiger partial charge in [-0.25, -0.2) is 0 Å². The molecule has 0 aliphatic carbocycles. The Hall–Kier alpha value is -3.45. The van der Waals surface area contributed by atoms with Crippen LogP contribution < -0.4 is 19.3 Å². The molecule has 3 aromatic rings. The number of carbonyl (C=O) groups excluding carboxylic acids is 2. The van der Waals surface area contributed by atoms with Crippen molar-refractivity contribution in [1.29, 1.82) is 0 Å². The molecule has 33 heavy (non-hydrogen) atoms. The topological polar surface area (TPSA) is 59.1 Å². The monoisotopic (exact) mass is 460 g/mol. The van der Waals surface area contributed by atoms with Crippen LogP contribution in [0.4, 0.5) is 11.4 Å². The molecule has 3 aromatic carbocycles. The summed E-state index contributed by atoms with van der Waals surface area (Å²) >= 11 is 1.37. The van der Waals surface area contributed by atoms with E-state index in [0.717, 1.165) is 16.8 Å². The van der Waals surface area contributed by atoms with E-state index in [1.54, 1.807) is 42.2 Å². The molecule has 6 nitrogen and oxygen atoms in total. The summed E-state index contributed by atoms with van der Waals surface area (Å²) in [6.07, 6.45) is 0. The number of amides is 2. The second-order valence-corrected chi connectivity index (χ2v) is 9.26. The number of hydrogen-bond acceptors (Lipinski definition) is 5. The molecule has 1 atom stereocenters. The first-order valence-corrected chi connectivity index (χ1v) is 11.6. The van der Waals surface area contributed by atoms with E-state index in [9.17, 15) is 9.59 Å². The van der Waals surface area contributed by atoms with Gasteiger partial charge in [0.1, 0.15) is 0 Å². The number of benzene rings is 3. The smallest absolute Gasteiger partial charge is 0.269 e. The summed E-state index contributed by atoms with van der Waals surface area (Å²) in [5.41, 5.74) is 4.46. The minimum atomic E-state index is -1.15. The summed E-state index contributed by atoms with van der Waals surface area (Å²) in [4.78, 5) is 29.6. The molecule has 0 aromatic heterocycles. The van der Waals surface area contributed by atoms with E-state index in [4.69, 9.17) is 9.47 Å². The standard InChI is InChI=1S/C26H24N2O4S/c1-17-8-10-18(11-9-17)15-27-21-7-5-4-6-20(21)26(25(27)30)28(24(29)16-33-26)19-12-13-22(31-2)23(14-19)32-3/h4-14H,15-16H2,1-3H3/t26-/m0/s1. The average Bonchev–Trinajstić information content (AvgIpc) is 3.31. The molecule has 2 heterocycles. The Morgan fingerprint density at radius 1 is 0.939 bits per heavy atom. The summed E-state index contributed by atoms with van der Waals surface area (Å²) < 4.78 is 10.8. The predicted octanol–water partition coefficient (Wildman–Crippen LogP) is 4.49. The van der Waals surface area contributed by atoms with Crippen LogP contribution in [0.25, 0.3) is 0 Å². The van der Waals surface area contributed by atoms with Gasteiger partial charge in [0, 0.05) is 17.3 Å². The lowest BCUT2D eigenvalue weighted by molar-refractivity contribution is -0.123. The molecule has 0 N–H and O–H groups in total. The summed E-state index contributed by atoms with van der Waals surface area (Å²) in [6.45, 7) is 2.48. The van der Waals surface area contributed by atoms with E-state index in [0.29, 0.717) is 23.7 Å². The Morgan fingerprint density at radius 2 is 1.67 bits per heavy atom. The summed E-state index contributed by atoms with van der Waals surface area (Å²) in [5.74, 6) is 1.05. The zero-order chi connectivity index (χ0) is 23.2. The first-order valence-electron chi connectivity index (χ1n) is 10.7. The van der Waals surface area contributed by atoms with Crippen LogP contribution in [0.3, 0.4) is 0 Å². The molecule has 0 bridgehead atoms. The van der Waals surface area contributed by atoms with Gasteiger partial charge in [0.15, 0.2) is 11.5 Å². The number of thioether (sulfide) groups is 1. The van der Waals surface area contributed by atoms with Gasteiger partial charge in [-0.05, 0) is 30.7 Å². The molecule has 168 valence electrons. The largest absolute Gasteiger partial charge is 0.493 e. The lowest BCUT2D eigenvalue weighted by Gasteiger charge is -2.33. The van der Waals surface area contributed by atoms with E-state index in [1.807, 2.05) is 55.5 Å². The zero-order valence-corrected chi connectivity index (χ0v) is 19.5. The number of para-hydroxylation sites is 1. The zero-order valence-electron chi connectivity index (χ0n) is 18.7. The maximum absolute atomic E-state index is 14.1. The molecule has 1 spiro atoms. The molecule has 1 fully saturated rings. The van der Waals surface area contributed by atoms with Gasteiger partial charge in [0.05, 0.1) is 32.2 Å². The van der Waals surface area contributed by atoms with Gasteiger partial charge in [0.25, 0.3) is 5.91 Å². The minimum absolute atomic E-state index is 0.116. The Labute approximate surface area is 197 Å². The second kappa shape index (κ2) is 8.15. The van der Waals surface area contributed by atoms with E-state index in [1.165, 1.54) is 17.3 Å². The molecule has 2 aliphatic rings. The molecule has 0 unspecified atom stereocenters. The van der Waals surface area contributed by atoms with Crippen molar-refractivity contribution >= 4 is 35.0 Å². The number of carbonyl (C=O) groups is 2. The second-order valence-electron chi connectivity index (χ2n) is 8.10. The van der Waals surface area contributed by atoms with E-state index in [2.05, 4.69) is 0 Å². The van der Waals surface area contributed by atoms with Crippen LogP contribution in [-0.4, -0.2) is 31.8 Å². The molecule has 0 saturated carbocycles. The van der Waals surface area contributed by atoms with Gasteiger partial charge in [-0.1, -0.05) is 48.0 Å². The highest BCUT2D eigenvalue weighted by molar-refractivity contribution is 8.02. The van der Waals surface area contributed by atoms with Gasteiger partial charge in [-0.3, -0.25) is 14.5 Å². The van der Waals surface area contributed by atoms with Crippen molar-refractivity contribution in [2.45, 2.75) is 18.3 Å². The van der Waals surface area contributed by atoms with Crippen LogP contribution in [0.2, 0.25) is 0 Å². The Balaban J connectivity index is 1.62. The average molecular weight is 461 g/mol. The van der Waals surface area contributed by atoms with Crippen molar-refractivity contribution in [1.82, 2.24) is 0 Å². The van der Waals surface area contributed by atoms with Gasteiger partial charge in [0.2, 0.25) is 10.8 Å². The van der Waals surface area contributed by atoms with E-state index < -0.39 is 4.87 Å². The molecule has 1 saturated heterocycles. The lowest BCUT2D eigenvalue weighted by Crippen LogP contribution is -2.49. The lowest BCUT2D eigenvalue weighted by atomic mass is 10.0. The van der Waals surface area contributed by atoms with Crippen LogP contribution in [-0.2, 0) is 21.0 Å². The third-order valence-corrected chi connectivity index (χ3v) is 7.54. The van der Waals surface area contributed by atoms with Crippen LogP contribution >= 0.6 is 11.8 Å². The van der Waals surface area contributed by atoms with Crippen LogP contribution in [0.1, 0.15) is 16.7 Å². The fourth-order valence-corrected chi connectivity index (χ4v) is 5.91. The summed E-state index contributed by atoms with van der Waals surface area (Å²) in [5, 5.41) is 0. The normalized spacial score (nSPS) is 19.4. The Kier molecular flexibility index (Phi) is 5.29. The van der Waals surface area contributed by atoms with Crippen LogP contribution in [0.15, 0.2) is 66.7 Å². The van der Waals surface area contributed by atoms with Gasteiger partial charge in [-0.15, -0.1) is 11.8 Å². The van der Waals surface area contributed by atoms with Crippen molar-refractivity contribution in [2.24, 2.45) is 0 Å². The van der Waals surface area contributed by atoms with Crippen molar-refractivity contribution in [2.75, 3.05) is 29.8 Å². The fraction of sp³-hybridized carbons (Fsp3) is 0.231. The van der Waals surface area contributed by atoms with Crippen LogP contribution in [0, 0.1) is 6.92 Å². The van der Waals surface area contributed by atoms with E-state index in [-0.39, 0.29) is 17.6 Å². The number of ether oxygens (including phenoxy) is 2. The maximum atomic E-state index is 14.1. The van der Waals surface area contributed by atoms with Crippen LogP contribution in [0.5, 0.6) is 11.5 Å². The SMILES string of the molecule is COc1ccc(N2C(=O)CS[C@@]23C(=O)N(Cc2ccc(C)cc2)c2ccccc23)cc1OC. The number of methoxy groups -OCH3 is 2. The van der Waals surface area contributed by atoms with Gasteiger partial charge < -0.3 is 14.4 Å². The highest BCUT2D eigenvalue weighted by Crippen LogP contribution is 2.56. The number of rotatable bonds is 5. The Bertz CT molecular complexity index is 1240. The first kappa shape index (κ1) is 21.4. The molecule has 2 aliphatic heterocycles. The number of anilines is 2.